The summed E-state index contributed by atoms with van der Waals surface area (Å²) in [4.78, 5) is 11.8. The second-order valence-electron chi connectivity index (χ2n) is 10.1. The van der Waals surface area contributed by atoms with Gasteiger partial charge in [-0.3, -0.25) is 0 Å². The highest BCUT2D eigenvalue weighted by Crippen LogP contribution is 2.49. The molecule has 0 aliphatic rings. The minimum absolute atomic E-state index is 0.274. The van der Waals surface area contributed by atoms with Crippen LogP contribution in [0.2, 0.25) is 0 Å². The molecule has 0 fully saturated rings. The fourth-order valence-corrected chi connectivity index (χ4v) is 4.23. The summed E-state index contributed by atoms with van der Waals surface area (Å²) in [5, 5.41) is 2.14. The number of carbonyl (C=O) groups excluding carboxylic acids is 1. The van der Waals surface area contributed by atoms with Gasteiger partial charge in [0, 0.05) is 16.7 Å². The fourth-order valence-electron chi connectivity index (χ4n) is 4.23. The number of nitrogens with two attached hydrogens (primary N) is 1. The van der Waals surface area contributed by atoms with Crippen LogP contribution in [0.4, 0.5) is 4.79 Å². The van der Waals surface area contributed by atoms with Crippen LogP contribution < -0.4 is 19.9 Å². The molecule has 0 aliphatic heterocycles. The number of benzene rings is 3. The Hall–Kier alpha value is -3.21. The monoisotopic (exact) mass is 435 g/mol. The van der Waals surface area contributed by atoms with E-state index in [2.05, 4.69) is 53.7 Å². The van der Waals surface area contributed by atoms with Crippen molar-refractivity contribution in [3.05, 3.63) is 53.6 Å². The Bertz CT molecular complexity index is 1170. The van der Waals surface area contributed by atoms with E-state index in [9.17, 15) is 4.79 Å². The maximum Gasteiger partial charge on any atom is 0.409 e. The van der Waals surface area contributed by atoms with Crippen molar-refractivity contribution in [2.45, 2.75) is 52.4 Å². The van der Waals surface area contributed by atoms with E-state index in [0.717, 1.165) is 44.5 Å². The normalized spacial score (nSPS) is 12.0. The first kappa shape index (κ1) is 23.5. The van der Waals surface area contributed by atoms with Gasteiger partial charge in [0.05, 0.1) is 14.2 Å². The molecule has 0 saturated heterocycles. The minimum Gasteiger partial charge on any atom is -0.497 e. The van der Waals surface area contributed by atoms with Crippen molar-refractivity contribution in [2.24, 2.45) is 5.73 Å². The van der Waals surface area contributed by atoms with Gasteiger partial charge in [0.25, 0.3) is 0 Å². The Balaban J connectivity index is 2.39. The van der Waals surface area contributed by atoms with Gasteiger partial charge in [-0.25, -0.2) is 4.79 Å². The maximum atomic E-state index is 11.8. The molecule has 0 atom stereocenters. The second kappa shape index (κ2) is 8.38. The van der Waals surface area contributed by atoms with Gasteiger partial charge in [0.2, 0.25) is 0 Å². The summed E-state index contributed by atoms with van der Waals surface area (Å²) < 4.78 is 16.9. The molecule has 170 valence electrons. The quantitative estimate of drug-likeness (QED) is 0.503. The largest absolute Gasteiger partial charge is 0.497 e. The van der Waals surface area contributed by atoms with E-state index in [1.165, 1.54) is 0 Å². The van der Waals surface area contributed by atoms with Gasteiger partial charge >= 0.3 is 6.09 Å². The zero-order valence-corrected chi connectivity index (χ0v) is 20.3. The van der Waals surface area contributed by atoms with Gasteiger partial charge < -0.3 is 19.9 Å². The molecule has 32 heavy (non-hydrogen) atoms. The smallest absolute Gasteiger partial charge is 0.409 e. The van der Waals surface area contributed by atoms with Crippen molar-refractivity contribution in [3.8, 4) is 28.4 Å². The summed E-state index contributed by atoms with van der Waals surface area (Å²) in [5.74, 6) is 2.04. The zero-order chi connectivity index (χ0) is 23.8. The Morgan fingerprint density at radius 2 is 1.38 bits per heavy atom. The molecule has 0 spiro atoms. The fraction of sp³-hybridized carbons (Fsp3) is 0.370. The summed E-state index contributed by atoms with van der Waals surface area (Å²) in [5.41, 5.74) is 8.59. The average molecular weight is 436 g/mol. The Morgan fingerprint density at radius 1 is 0.781 bits per heavy atom. The second-order valence-corrected chi connectivity index (χ2v) is 10.1. The van der Waals surface area contributed by atoms with E-state index >= 15 is 0 Å². The van der Waals surface area contributed by atoms with Crippen molar-refractivity contribution in [3.63, 3.8) is 0 Å². The van der Waals surface area contributed by atoms with Gasteiger partial charge in [-0.15, -0.1) is 0 Å². The molecule has 0 saturated carbocycles. The molecule has 0 unspecified atom stereocenters. The molecule has 0 bridgehead atoms. The number of ether oxygens (including phenoxy) is 3. The third kappa shape index (κ3) is 4.52. The van der Waals surface area contributed by atoms with Crippen LogP contribution in [0.25, 0.3) is 21.9 Å². The summed E-state index contributed by atoms with van der Waals surface area (Å²) in [6.07, 6.45) is -0.836. The number of hydrogen-bond acceptors (Lipinski definition) is 4. The number of amides is 1. The lowest BCUT2D eigenvalue weighted by molar-refractivity contribution is 0.209. The molecule has 3 aromatic rings. The first-order chi connectivity index (χ1) is 14.9. The van der Waals surface area contributed by atoms with E-state index in [4.69, 9.17) is 19.9 Å². The van der Waals surface area contributed by atoms with Crippen LogP contribution in [0, 0.1) is 0 Å². The summed E-state index contributed by atoms with van der Waals surface area (Å²) in [7, 11) is 3.34. The van der Waals surface area contributed by atoms with E-state index in [1.807, 2.05) is 30.3 Å². The minimum atomic E-state index is -0.836. The summed E-state index contributed by atoms with van der Waals surface area (Å²) in [6, 6.07) is 14.0. The van der Waals surface area contributed by atoms with E-state index in [0.29, 0.717) is 5.75 Å². The van der Waals surface area contributed by atoms with Crippen molar-refractivity contribution >= 4 is 16.9 Å². The molecule has 2 N–H and O–H groups in total. The molecule has 3 aromatic carbocycles. The van der Waals surface area contributed by atoms with Crippen LogP contribution in [0.3, 0.4) is 0 Å². The first-order valence-electron chi connectivity index (χ1n) is 10.7. The predicted octanol–water partition coefficient (Wildman–Crippen LogP) is 6.58. The standard InChI is InChI=1S/C27H33NO4/c1-26(2,3)22-21(32-25(28)29)15-20(24(31-8)23(22)27(4,5)6)18-10-9-17-14-19(30-7)12-11-16(17)13-18/h9-15H,1-8H3,(H2,28,29). The van der Waals surface area contributed by atoms with Crippen LogP contribution in [0.15, 0.2) is 42.5 Å². The molecular weight excluding hydrogens is 402 g/mol. The number of primary amides is 1. The third-order valence-electron chi connectivity index (χ3n) is 5.52. The first-order valence-corrected chi connectivity index (χ1v) is 10.7. The summed E-state index contributed by atoms with van der Waals surface area (Å²) in [6.45, 7) is 12.7. The average Bonchev–Trinajstić information content (AvgIpc) is 2.70. The van der Waals surface area contributed by atoms with Crippen LogP contribution in [0.5, 0.6) is 17.2 Å². The van der Waals surface area contributed by atoms with Crippen molar-refractivity contribution < 1.29 is 19.0 Å². The maximum absolute atomic E-state index is 11.8. The Kier molecular flexibility index (Phi) is 6.14. The molecule has 0 radical (unpaired) electrons. The number of hydrogen-bond donors (Lipinski definition) is 1. The number of carbonyl (C=O) groups is 1. The third-order valence-corrected chi connectivity index (χ3v) is 5.52. The topological polar surface area (TPSA) is 70.8 Å². The lowest BCUT2D eigenvalue weighted by Crippen LogP contribution is -2.26. The highest BCUT2D eigenvalue weighted by Gasteiger charge is 2.34. The lowest BCUT2D eigenvalue weighted by atomic mass is 9.73. The Morgan fingerprint density at radius 3 is 1.91 bits per heavy atom. The predicted molar refractivity (Wildman–Crippen MR) is 130 cm³/mol. The van der Waals surface area contributed by atoms with Crippen molar-refractivity contribution in [2.75, 3.05) is 14.2 Å². The molecule has 0 aromatic heterocycles. The van der Waals surface area contributed by atoms with Gasteiger partial charge in [0.1, 0.15) is 17.2 Å². The Labute approximate surface area is 190 Å². The highest BCUT2D eigenvalue weighted by atomic mass is 16.5. The van der Waals surface area contributed by atoms with Gasteiger partial charge in [-0.05, 0) is 51.4 Å². The van der Waals surface area contributed by atoms with Gasteiger partial charge in [0.15, 0.2) is 0 Å². The van der Waals surface area contributed by atoms with Crippen molar-refractivity contribution in [1.82, 2.24) is 0 Å². The van der Waals surface area contributed by atoms with E-state index in [-0.39, 0.29) is 10.8 Å². The molecule has 5 nitrogen and oxygen atoms in total. The molecule has 0 aliphatic carbocycles. The van der Waals surface area contributed by atoms with Gasteiger partial charge in [-0.1, -0.05) is 59.7 Å². The van der Waals surface area contributed by atoms with Crippen LogP contribution >= 0.6 is 0 Å². The SMILES string of the molecule is COc1ccc2cc(-c3cc(OC(N)=O)c(C(C)(C)C)c(C(C)(C)C)c3OC)ccc2c1. The van der Waals surface area contributed by atoms with Crippen LogP contribution in [0.1, 0.15) is 52.7 Å². The van der Waals surface area contributed by atoms with Crippen molar-refractivity contribution in [1.29, 1.82) is 0 Å². The van der Waals surface area contributed by atoms with Crippen LogP contribution in [-0.2, 0) is 10.8 Å². The highest BCUT2D eigenvalue weighted by molar-refractivity contribution is 5.90. The molecule has 3 rings (SSSR count). The lowest BCUT2D eigenvalue weighted by Gasteiger charge is -2.34. The number of rotatable bonds is 4. The van der Waals surface area contributed by atoms with E-state index < -0.39 is 6.09 Å². The zero-order valence-electron chi connectivity index (χ0n) is 20.3. The number of methoxy groups -OCH3 is 2. The molecular formula is C27H33NO4. The molecule has 0 heterocycles. The molecule has 1 amide bonds. The van der Waals surface area contributed by atoms with Gasteiger partial charge in [-0.2, -0.15) is 0 Å². The van der Waals surface area contributed by atoms with E-state index in [1.54, 1.807) is 14.2 Å². The molecule has 5 heteroatoms. The number of fused-ring (bicyclic) bond motifs is 1. The summed E-state index contributed by atoms with van der Waals surface area (Å²) >= 11 is 0. The van der Waals surface area contributed by atoms with Crippen LogP contribution in [-0.4, -0.2) is 20.3 Å².